The second kappa shape index (κ2) is 5.51. The molecule has 0 radical (unpaired) electrons. The lowest BCUT2D eigenvalue weighted by molar-refractivity contribution is -0.222. The van der Waals surface area contributed by atoms with Gasteiger partial charge in [-0.25, -0.2) is 0 Å². The third kappa shape index (κ3) is 2.88. The van der Waals surface area contributed by atoms with Crippen LogP contribution in [0.15, 0.2) is 0 Å². The molecule has 0 aromatic rings. The molecule has 1 atom stereocenters. The molecule has 1 unspecified atom stereocenters. The van der Waals surface area contributed by atoms with E-state index in [4.69, 9.17) is 0 Å². The van der Waals surface area contributed by atoms with Gasteiger partial charge in [-0.2, -0.15) is 8.78 Å². The number of hydrogen-bond donors (Lipinski definition) is 1. The lowest BCUT2D eigenvalue weighted by atomic mass is 9.75. The fourth-order valence-corrected chi connectivity index (χ4v) is 3.00. The average Bonchev–Trinajstić information content (AvgIpc) is 2.83. The molecule has 0 bridgehead atoms. The van der Waals surface area contributed by atoms with Crippen molar-refractivity contribution in [1.82, 2.24) is 9.80 Å². The van der Waals surface area contributed by atoms with Crippen LogP contribution in [-0.4, -0.2) is 64.9 Å². The van der Waals surface area contributed by atoms with Gasteiger partial charge in [0, 0.05) is 33.6 Å². The van der Waals surface area contributed by atoms with Gasteiger partial charge in [-0.05, 0) is 31.6 Å². The zero-order chi connectivity index (χ0) is 15.8. The number of amides is 2. The van der Waals surface area contributed by atoms with Gasteiger partial charge in [-0.15, -0.1) is 0 Å². The second-order valence-electron chi connectivity index (χ2n) is 6.26. The average molecular weight is 304 g/mol. The summed E-state index contributed by atoms with van der Waals surface area (Å²) in [5, 5.41) is 9.78. The SMILES string of the molecule is CC(=O)N1CCC(CN(C)C(=O)C(F)(F)C2(O)CCC2)C1. The van der Waals surface area contributed by atoms with E-state index in [1.165, 1.54) is 14.0 Å². The zero-order valence-corrected chi connectivity index (χ0v) is 12.4. The van der Waals surface area contributed by atoms with Crippen LogP contribution in [0.5, 0.6) is 0 Å². The van der Waals surface area contributed by atoms with Crippen molar-refractivity contribution < 1.29 is 23.5 Å². The number of nitrogens with zero attached hydrogens (tertiary/aromatic N) is 2. The van der Waals surface area contributed by atoms with Crippen LogP contribution >= 0.6 is 0 Å². The molecule has 2 amide bonds. The summed E-state index contributed by atoms with van der Waals surface area (Å²) in [5.74, 6) is -5.10. The van der Waals surface area contributed by atoms with E-state index in [9.17, 15) is 23.5 Å². The Bertz CT molecular complexity index is 438. The largest absolute Gasteiger partial charge is 0.383 e. The van der Waals surface area contributed by atoms with Crippen molar-refractivity contribution in [2.45, 2.75) is 44.1 Å². The highest BCUT2D eigenvalue weighted by Crippen LogP contribution is 2.45. The minimum atomic E-state index is -3.74. The third-order valence-electron chi connectivity index (χ3n) is 4.64. The van der Waals surface area contributed by atoms with Crippen LogP contribution in [0.2, 0.25) is 0 Å². The number of halogens is 2. The molecule has 2 rings (SSSR count). The Kier molecular flexibility index (Phi) is 4.24. The first-order valence-corrected chi connectivity index (χ1v) is 7.28. The van der Waals surface area contributed by atoms with Gasteiger partial charge in [0.05, 0.1) is 0 Å². The normalized spacial score (nSPS) is 24.6. The second-order valence-corrected chi connectivity index (χ2v) is 6.26. The molecule has 0 aromatic heterocycles. The van der Waals surface area contributed by atoms with Gasteiger partial charge in [0.2, 0.25) is 5.91 Å². The first kappa shape index (κ1) is 16.1. The smallest absolute Gasteiger partial charge is 0.352 e. The van der Waals surface area contributed by atoms with Crippen molar-refractivity contribution in [2.24, 2.45) is 5.92 Å². The number of carbonyl (C=O) groups is 2. The predicted molar refractivity (Wildman–Crippen MR) is 71.7 cm³/mol. The first-order valence-electron chi connectivity index (χ1n) is 7.28. The Hall–Kier alpha value is -1.24. The summed E-state index contributed by atoms with van der Waals surface area (Å²) in [5.41, 5.74) is -2.18. The molecule has 2 fully saturated rings. The number of carbonyl (C=O) groups excluding carboxylic acids is 2. The van der Waals surface area contributed by atoms with Crippen LogP contribution in [0.25, 0.3) is 0 Å². The minimum Gasteiger partial charge on any atom is -0.383 e. The van der Waals surface area contributed by atoms with Gasteiger partial charge in [0.1, 0.15) is 5.60 Å². The number of alkyl halides is 2. The van der Waals surface area contributed by atoms with Crippen LogP contribution in [-0.2, 0) is 9.59 Å². The maximum atomic E-state index is 14.1. The molecule has 1 saturated carbocycles. The fourth-order valence-electron chi connectivity index (χ4n) is 3.00. The van der Waals surface area contributed by atoms with Crippen molar-refractivity contribution in [3.05, 3.63) is 0 Å². The quantitative estimate of drug-likeness (QED) is 0.838. The standard InChI is InChI=1S/C14H22F2N2O3/c1-10(19)18-7-4-11(9-18)8-17(2)12(20)14(15,16)13(21)5-3-6-13/h11,21H,3-9H2,1-2H3. The number of hydrogen-bond acceptors (Lipinski definition) is 3. The van der Waals surface area contributed by atoms with E-state index in [1.54, 1.807) is 4.90 Å². The molecule has 1 aliphatic heterocycles. The molecular weight excluding hydrogens is 282 g/mol. The summed E-state index contributed by atoms with van der Waals surface area (Å²) in [7, 11) is 1.33. The van der Waals surface area contributed by atoms with E-state index in [0.29, 0.717) is 25.9 Å². The van der Waals surface area contributed by atoms with Crippen LogP contribution in [0.4, 0.5) is 8.78 Å². The molecule has 5 nitrogen and oxygen atoms in total. The molecule has 0 aromatic carbocycles. The van der Waals surface area contributed by atoms with E-state index in [1.807, 2.05) is 0 Å². The van der Waals surface area contributed by atoms with Gasteiger partial charge < -0.3 is 14.9 Å². The van der Waals surface area contributed by atoms with Crippen LogP contribution in [0.1, 0.15) is 32.6 Å². The molecule has 21 heavy (non-hydrogen) atoms. The molecule has 1 saturated heterocycles. The van der Waals surface area contributed by atoms with Crippen LogP contribution in [0.3, 0.4) is 0 Å². The van der Waals surface area contributed by atoms with Crippen LogP contribution in [0, 0.1) is 5.92 Å². The molecular formula is C14H22F2N2O3. The van der Waals surface area contributed by atoms with Gasteiger partial charge >= 0.3 is 5.92 Å². The highest BCUT2D eigenvalue weighted by Gasteiger charge is 2.62. The van der Waals surface area contributed by atoms with E-state index >= 15 is 0 Å². The molecule has 1 aliphatic carbocycles. The summed E-state index contributed by atoms with van der Waals surface area (Å²) >= 11 is 0. The molecule has 0 spiro atoms. The van der Waals surface area contributed by atoms with Crippen molar-refractivity contribution >= 4 is 11.8 Å². The fraction of sp³-hybridized carbons (Fsp3) is 0.857. The summed E-state index contributed by atoms with van der Waals surface area (Å²) < 4.78 is 28.1. The molecule has 2 aliphatic rings. The van der Waals surface area contributed by atoms with E-state index in [-0.39, 0.29) is 31.2 Å². The lowest BCUT2D eigenvalue weighted by Gasteiger charge is -2.42. The van der Waals surface area contributed by atoms with Crippen molar-refractivity contribution in [3.8, 4) is 0 Å². The van der Waals surface area contributed by atoms with Gasteiger partial charge in [0.15, 0.2) is 0 Å². The predicted octanol–water partition coefficient (Wildman–Crippen LogP) is 0.863. The van der Waals surface area contributed by atoms with E-state index < -0.39 is 17.4 Å². The molecule has 120 valence electrons. The molecule has 1 N–H and O–H groups in total. The van der Waals surface area contributed by atoms with Crippen molar-refractivity contribution in [1.29, 1.82) is 0 Å². The maximum Gasteiger partial charge on any atom is 0.352 e. The van der Waals surface area contributed by atoms with Gasteiger partial charge in [-0.3, -0.25) is 9.59 Å². The Morgan fingerprint density at radius 1 is 1.43 bits per heavy atom. The molecule has 1 heterocycles. The number of aliphatic hydroxyl groups is 1. The first-order chi connectivity index (χ1) is 9.67. The summed E-state index contributed by atoms with van der Waals surface area (Å²) in [4.78, 5) is 25.8. The van der Waals surface area contributed by atoms with Crippen LogP contribution < -0.4 is 0 Å². The summed E-state index contributed by atoms with van der Waals surface area (Å²) in [6.07, 6.45) is 1.13. The maximum absolute atomic E-state index is 14.1. The summed E-state index contributed by atoms with van der Waals surface area (Å²) in [6.45, 7) is 2.73. The highest BCUT2D eigenvalue weighted by atomic mass is 19.3. The highest BCUT2D eigenvalue weighted by molar-refractivity contribution is 5.85. The Morgan fingerprint density at radius 3 is 2.48 bits per heavy atom. The number of likely N-dealkylation sites (tertiary alicyclic amines) is 1. The molecule has 7 heteroatoms. The monoisotopic (exact) mass is 304 g/mol. The van der Waals surface area contributed by atoms with Gasteiger partial charge in [0.25, 0.3) is 5.91 Å². The number of rotatable bonds is 4. The van der Waals surface area contributed by atoms with Gasteiger partial charge in [-0.1, -0.05) is 0 Å². The lowest BCUT2D eigenvalue weighted by Crippen LogP contribution is -2.61. The zero-order valence-electron chi connectivity index (χ0n) is 12.4. The third-order valence-corrected chi connectivity index (χ3v) is 4.64. The summed E-state index contributed by atoms with van der Waals surface area (Å²) in [6, 6.07) is 0. The topological polar surface area (TPSA) is 60.9 Å². The minimum absolute atomic E-state index is 0.00897. The Labute approximate surface area is 122 Å². The van der Waals surface area contributed by atoms with E-state index in [0.717, 1.165) is 4.90 Å². The Morgan fingerprint density at radius 2 is 2.05 bits per heavy atom. The van der Waals surface area contributed by atoms with Crippen molar-refractivity contribution in [2.75, 3.05) is 26.7 Å². The van der Waals surface area contributed by atoms with Crippen molar-refractivity contribution in [3.63, 3.8) is 0 Å². The Balaban J connectivity index is 1.93. The van der Waals surface area contributed by atoms with E-state index in [2.05, 4.69) is 0 Å².